The largest absolute Gasteiger partial charge is 0.375 e. The van der Waals surface area contributed by atoms with Gasteiger partial charge in [0, 0.05) is 34.9 Å². The monoisotopic (exact) mass is 419 g/mol. The van der Waals surface area contributed by atoms with Crippen LogP contribution in [0.4, 0.5) is 5.69 Å². The third kappa shape index (κ3) is 3.36. The highest BCUT2D eigenvalue weighted by Gasteiger charge is 2.53. The van der Waals surface area contributed by atoms with E-state index in [2.05, 4.69) is 24.8 Å². The molecule has 1 aliphatic heterocycles. The van der Waals surface area contributed by atoms with Crippen molar-refractivity contribution < 1.29 is 10.2 Å². The van der Waals surface area contributed by atoms with Gasteiger partial charge in [0.2, 0.25) is 0 Å². The van der Waals surface area contributed by atoms with E-state index in [0.717, 1.165) is 13.1 Å². The summed E-state index contributed by atoms with van der Waals surface area (Å²) < 4.78 is 0. The Labute approximate surface area is 175 Å². The smallest absolute Gasteiger partial charge is 0.164 e. The van der Waals surface area contributed by atoms with Crippen LogP contribution in [0.2, 0.25) is 10.0 Å². The fraction of sp³-hybridized carbons (Fsp3) is 0.381. The Morgan fingerprint density at radius 3 is 2.46 bits per heavy atom. The molecule has 0 fully saturated rings. The van der Waals surface area contributed by atoms with E-state index in [9.17, 15) is 15.5 Å². The molecule has 1 heterocycles. The predicted octanol–water partition coefficient (Wildman–Crippen LogP) is 3.58. The van der Waals surface area contributed by atoms with Gasteiger partial charge in [-0.1, -0.05) is 55.2 Å². The number of aliphatic hydroxyl groups excluding tert-OH is 1. The average molecular weight is 420 g/mol. The van der Waals surface area contributed by atoms with Gasteiger partial charge in [0.1, 0.15) is 0 Å². The lowest BCUT2D eigenvalue weighted by Gasteiger charge is -2.33. The Kier molecular flexibility index (Phi) is 6.18. The Morgan fingerprint density at radius 2 is 1.86 bits per heavy atom. The van der Waals surface area contributed by atoms with Gasteiger partial charge in [0.15, 0.2) is 11.8 Å². The molecule has 0 saturated carbocycles. The van der Waals surface area contributed by atoms with Gasteiger partial charge in [-0.05, 0) is 31.3 Å². The van der Waals surface area contributed by atoms with E-state index >= 15 is 0 Å². The van der Waals surface area contributed by atoms with Crippen molar-refractivity contribution in [3.8, 4) is 6.07 Å². The number of benzene rings is 2. The van der Waals surface area contributed by atoms with Crippen LogP contribution < -0.4 is 4.90 Å². The molecule has 28 heavy (non-hydrogen) atoms. The summed E-state index contributed by atoms with van der Waals surface area (Å²) in [5.74, 6) is 0. The first kappa shape index (κ1) is 20.9. The first-order valence-corrected chi connectivity index (χ1v) is 10.0. The summed E-state index contributed by atoms with van der Waals surface area (Å²) in [6, 6.07) is 12.1. The lowest BCUT2D eigenvalue weighted by molar-refractivity contribution is -0.0386. The normalized spacial score (nSPS) is 21.1. The maximum atomic E-state index is 11.7. The third-order valence-corrected chi connectivity index (χ3v) is 6.02. The molecule has 148 valence electrons. The summed E-state index contributed by atoms with van der Waals surface area (Å²) in [7, 11) is 0. The lowest BCUT2D eigenvalue weighted by atomic mass is 9.86. The minimum Gasteiger partial charge on any atom is -0.375 e. The molecule has 7 heteroatoms. The second-order valence-electron chi connectivity index (χ2n) is 6.80. The van der Waals surface area contributed by atoms with Crippen LogP contribution in [0.15, 0.2) is 36.4 Å². The number of halogens is 2. The number of likely N-dealkylation sites (N-methyl/N-ethyl adjacent to an activating group) is 1. The SMILES string of the molecule is CCN(CC)CCN1c2cc(C#N)cc(Cl)c2C(O)(c2ccccc2Cl)C1O. The molecule has 0 amide bonds. The highest BCUT2D eigenvalue weighted by molar-refractivity contribution is 6.33. The zero-order valence-corrected chi connectivity index (χ0v) is 17.4. The van der Waals surface area contributed by atoms with Gasteiger partial charge in [-0.15, -0.1) is 0 Å². The third-order valence-electron chi connectivity index (χ3n) is 5.39. The first-order chi connectivity index (χ1) is 13.4. The molecule has 2 N–H and O–H groups in total. The molecule has 2 aromatic carbocycles. The second-order valence-corrected chi connectivity index (χ2v) is 7.62. The summed E-state index contributed by atoms with van der Waals surface area (Å²) in [6.45, 7) is 7.05. The van der Waals surface area contributed by atoms with Gasteiger partial charge in [0.05, 0.1) is 16.7 Å². The van der Waals surface area contributed by atoms with Crippen LogP contribution in [0, 0.1) is 11.3 Å². The van der Waals surface area contributed by atoms with Crippen LogP contribution in [0.5, 0.6) is 0 Å². The van der Waals surface area contributed by atoms with Gasteiger partial charge >= 0.3 is 0 Å². The molecule has 2 unspecified atom stereocenters. The quantitative estimate of drug-likeness (QED) is 0.748. The molecular formula is C21H23Cl2N3O2. The second kappa shape index (κ2) is 8.28. The van der Waals surface area contributed by atoms with Crippen LogP contribution in [-0.4, -0.2) is 47.5 Å². The molecular weight excluding hydrogens is 397 g/mol. The van der Waals surface area contributed by atoms with Crippen molar-refractivity contribution in [3.05, 3.63) is 63.1 Å². The predicted molar refractivity (Wildman–Crippen MR) is 112 cm³/mol. The molecule has 0 aliphatic carbocycles. The number of nitrogens with zero attached hydrogens (tertiary/aromatic N) is 3. The van der Waals surface area contributed by atoms with Crippen molar-refractivity contribution in [3.63, 3.8) is 0 Å². The number of rotatable bonds is 6. The van der Waals surface area contributed by atoms with Crippen LogP contribution in [-0.2, 0) is 5.60 Å². The number of aliphatic hydroxyl groups is 2. The molecule has 2 atom stereocenters. The van der Waals surface area contributed by atoms with Crippen molar-refractivity contribution in [2.75, 3.05) is 31.1 Å². The van der Waals surface area contributed by atoms with Crippen molar-refractivity contribution in [2.45, 2.75) is 25.7 Å². The zero-order valence-electron chi connectivity index (χ0n) is 15.9. The summed E-state index contributed by atoms with van der Waals surface area (Å²) in [4.78, 5) is 3.92. The molecule has 5 nitrogen and oxygen atoms in total. The van der Waals surface area contributed by atoms with Gasteiger partial charge in [0.25, 0.3) is 0 Å². The minimum absolute atomic E-state index is 0.223. The standard InChI is InChI=1S/C21H23Cl2N3O2/c1-3-25(4-2)9-10-26-18-12-14(13-24)11-17(23)19(18)21(28,20(26)27)15-7-5-6-8-16(15)22/h5-8,11-12,20,27-28H,3-4,9-10H2,1-2H3. The van der Waals surface area contributed by atoms with Crippen LogP contribution in [0.1, 0.15) is 30.5 Å². The van der Waals surface area contributed by atoms with Crippen LogP contribution >= 0.6 is 23.2 Å². The Morgan fingerprint density at radius 1 is 1.18 bits per heavy atom. The van der Waals surface area contributed by atoms with E-state index in [0.29, 0.717) is 40.5 Å². The van der Waals surface area contributed by atoms with Gasteiger partial charge in [-0.3, -0.25) is 0 Å². The average Bonchev–Trinajstić information content (AvgIpc) is 2.91. The topological polar surface area (TPSA) is 70.7 Å². The van der Waals surface area contributed by atoms with Crippen molar-refractivity contribution >= 4 is 28.9 Å². The molecule has 1 aliphatic rings. The van der Waals surface area contributed by atoms with E-state index in [4.69, 9.17) is 23.2 Å². The van der Waals surface area contributed by atoms with Crippen LogP contribution in [0.3, 0.4) is 0 Å². The summed E-state index contributed by atoms with van der Waals surface area (Å²) in [6.07, 6.45) is -1.29. The molecule has 0 aromatic heterocycles. The number of hydrogen-bond acceptors (Lipinski definition) is 5. The summed E-state index contributed by atoms with van der Waals surface area (Å²) in [5, 5.41) is 32.8. The molecule has 3 rings (SSSR count). The van der Waals surface area contributed by atoms with E-state index in [-0.39, 0.29) is 5.02 Å². The Balaban J connectivity index is 2.15. The zero-order chi connectivity index (χ0) is 20.5. The number of hydrogen-bond donors (Lipinski definition) is 2. The number of nitriles is 1. The molecule has 0 radical (unpaired) electrons. The van der Waals surface area contributed by atoms with E-state index < -0.39 is 11.8 Å². The maximum Gasteiger partial charge on any atom is 0.164 e. The molecule has 0 spiro atoms. The van der Waals surface area contributed by atoms with Crippen molar-refractivity contribution in [2.24, 2.45) is 0 Å². The maximum absolute atomic E-state index is 11.7. The lowest BCUT2D eigenvalue weighted by Crippen LogP contribution is -2.48. The first-order valence-electron chi connectivity index (χ1n) is 9.27. The van der Waals surface area contributed by atoms with Gasteiger partial charge in [-0.25, -0.2) is 0 Å². The van der Waals surface area contributed by atoms with E-state index in [1.54, 1.807) is 35.2 Å². The Bertz CT molecular complexity index is 911. The molecule has 0 saturated heterocycles. The highest BCUT2D eigenvalue weighted by atomic mass is 35.5. The van der Waals surface area contributed by atoms with Crippen molar-refractivity contribution in [1.82, 2.24) is 4.90 Å². The molecule has 2 aromatic rings. The number of anilines is 1. The summed E-state index contributed by atoms with van der Waals surface area (Å²) in [5.41, 5.74) is -0.142. The van der Waals surface area contributed by atoms with E-state index in [1.165, 1.54) is 6.07 Å². The summed E-state index contributed by atoms with van der Waals surface area (Å²) >= 11 is 12.8. The van der Waals surface area contributed by atoms with Crippen molar-refractivity contribution in [1.29, 1.82) is 5.26 Å². The number of fused-ring (bicyclic) bond motifs is 1. The highest BCUT2D eigenvalue weighted by Crippen LogP contribution is 2.51. The van der Waals surface area contributed by atoms with Gasteiger partial charge in [-0.2, -0.15) is 5.26 Å². The fourth-order valence-corrected chi connectivity index (χ4v) is 4.46. The van der Waals surface area contributed by atoms with E-state index in [1.807, 2.05) is 0 Å². The fourth-order valence-electron chi connectivity index (χ4n) is 3.82. The van der Waals surface area contributed by atoms with Crippen LogP contribution in [0.25, 0.3) is 0 Å². The molecule has 0 bridgehead atoms. The Hall–Kier alpha value is -1.81. The van der Waals surface area contributed by atoms with Gasteiger partial charge < -0.3 is 20.0 Å². The minimum atomic E-state index is -1.80.